The number of hydrogen-bond acceptors (Lipinski definition) is 1. The fraction of sp³-hybridized carbons (Fsp3) is 1.00. The van der Waals surface area contributed by atoms with Crippen molar-refractivity contribution >= 4 is 0 Å². The zero-order chi connectivity index (χ0) is 36.4. The van der Waals surface area contributed by atoms with Crippen molar-refractivity contribution in [1.29, 1.82) is 0 Å². The third kappa shape index (κ3) is 5.16. The molecule has 0 aliphatic heterocycles. The molecule has 27 heteroatoms. The Morgan fingerprint density at radius 2 is 0.614 bits per heavy atom. The van der Waals surface area contributed by atoms with Crippen LogP contribution in [0.1, 0.15) is 12.8 Å². The highest BCUT2D eigenvalue weighted by molar-refractivity contribution is 5.20. The molecule has 0 aromatic rings. The minimum atomic E-state index is -9.65. The zero-order valence-electron chi connectivity index (χ0n) is 19.9. The molecule has 1 nitrogen and oxygen atoms in total. The van der Waals surface area contributed by atoms with E-state index in [9.17, 15) is 114 Å². The quantitative estimate of drug-likeness (QED) is 0.114. The lowest BCUT2D eigenvalue weighted by molar-refractivity contribution is -0.480. The number of halogens is 26. The van der Waals surface area contributed by atoms with Crippen LogP contribution in [0.25, 0.3) is 0 Å². The van der Waals surface area contributed by atoms with Crippen LogP contribution in [0.5, 0.6) is 0 Å². The molecule has 0 aromatic heterocycles. The lowest BCUT2D eigenvalue weighted by Gasteiger charge is -2.46. The topological polar surface area (TPSA) is 9.23 Å². The Morgan fingerprint density at radius 1 is 0.386 bits per heavy atom. The summed E-state index contributed by atoms with van der Waals surface area (Å²) >= 11 is 0. The highest BCUT2D eigenvalue weighted by atomic mass is 19.4. The molecule has 0 unspecified atom stereocenters. The monoisotopic (exact) mass is 724 g/mol. The summed E-state index contributed by atoms with van der Waals surface area (Å²) < 4.78 is 352. The number of rotatable bonds is 16. The SMILES string of the molecule is COCCCC(F)(F)C(F)(F)C(F)(F)C(F)(F)C(F)(F)C(F)(F)C(F)(F)C(F)(F)C(F)(F)C(F)(F)C(F)(F)C(F)(F)C(F)F. The summed E-state index contributed by atoms with van der Waals surface area (Å²) in [6, 6.07) is 0. The Balaban J connectivity index is 7.28. The summed E-state index contributed by atoms with van der Waals surface area (Å²) in [5.41, 5.74) is 0. The molecule has 0 aliphatic carbocycles. The highest BCUT2D eigenvalue weighted by Gasteiger charge is 2.99. The number of alkyl halides is 26. The van der Waals surface area contributed by atoms with Gasteiger partial charge in [-0.1, -0.05) is 0 Å². The van der Waals surface area contributed by atoms with Gasteiger partial charge in [-0.15, -0.1) is 0 Å². The average molecular weight is 724 g/mol. The fourth-order valence-corrected chi connectivity index (χ4v) is 2.75. The molecule has 0 N–H and O–H groups in total. The van der Waals surface area contributed by atoms with Crippen LogP contribution in [0.4, 0.5) is 114 Å². The maximum Gasteiger partial charge on any atom is 0.385 e. The normalized spacial score (nSPS) is 16.6. The Kier molecular flexibility index (Phi) is 10.7. The van der Waals surface area contributed by atoms with Gasteiger partial charge in [0.2, 0.25) is 0 Å². The first-order valence-corrected chi connectivity index (χ1v) is 10.1. The predicted octanol–water partition coefficient (Wildman–Crippen LogP) is 9.30. The van der Waals surface area contributed by atoms with Gasteiger partial charge in [-0.25, -0.2) is 8.78 Å². The number of methoxy groups -OCH3 is 1. The van der Waals surface area contributed by atoms with Crippen molar-refractivity contribution in [3.05, 3.63) is 0 Å². The largest absolute Gasteiger partial charge is 0.385 e. The van der Waals surface area contributed by atoms with E-state index in [0.717, 1.165) is 0 Å². The molecule has 0 fully saturated rings. The molecule has 0 amide bonds. The maximum absolute atomic E-state index is 13.7. The number of hydrogen-bond donors (Lipinski definition) is 0. The molecule has 0 rings (SSSR count). The summed E-state index contributed by atoms with van der Waals surface area (Å²) in [6.07, 6.45) is -10.7. The van der Waals surface area contributed by atoms with Gasteiger partial charge in [0, 0.05) is 20.1 Å². The van der Waals surface area contributed by atoms with Crippen LogP contribution in [0.2, 0.25) is 0 Å². The van der Waals surface area contributed by atoms with E-state index < -0.39 is 96.9 Å². The van der Waals surface area contributed by atoms with Crippen molar-refractivity contribution < 1.29 is 119 Å². The van der Waals surface area contributed by atoms with Gasteiger partial charge < -0.3 is 4.74 Å². The van der Waals surface area contributed by atoms with E-state index in [1.54, 1.807) is 0 Å². The minimum Gasteiger partial charge on any atom is -0.385 e. The van der Waals surface area contributed by atoms with E-state index in [1.807, 2.05) is 0 Å². The van der Waals surface area contributed by atoms with Gasteiger partial charge in [0.25, 0.3) is 0 Å². The molecule has 44 heavy (non-hydrogen) atoms. The van der Waals surface area contributed by atoms with Gasteiger partial charge >= 0.3 is 77.5 Å². The molecule has 0 aliphatic rings. The van der Waals surface area contributed by atoms with Crippen LogP contribution < -0.4 is 0 Å². The smallest absolute Gasteiger partial charge is 0.385 e. The Hall–Kier alpha value is -1.86. The lowest BCUT2D eigenvalue weighted by Crippen LogP contribution is -2.78. The molecule has 0 saturated carbocycles. The molecular formula is C17H10F26O. The molecule has 266 valence electrons. The van der Waals surface area contributed by atoms with Crippen molar-refractivity contribution in [2.24, 2.45) is 0 Å². The molecule has 0 saturated heterocycles. The van der Waals surface area contributed by atoms with Crippen LogP contribution in [-0.2, 0) is 4.74 Å². The molecule has 0 radical (unpaired) electrons. The van der Waals surface area contributed by atoms with Crippen molar-refractivity contribution in [1.82, 2.24) is 0 Å². The van der Waals surface area contributed by atoms with Crippen molar-refractivity contribution in [3.8, 4) is 0 Å². The van der Waals surface area contributed by atoms with Gasteiger partial charge in [-0.05, 0) is 6.42 Å². The first-order chi connectivity index (χ1) is 18.8. The van der Waals surface area contributed by atoms with Crippen LogP contribution in [-0.4, -0.2) is 91.2 Å². The van der Waals surface area contributed by atoms with Crippen LogP contribution in [0, 0.1) is 0 Å². The zero-order valence-corrected chi connectivity index (χ0v) is 19.9. The summed E-state index contributed by atoms with van der Waals surface area (Å²) in [7, 11) is 0.600. The first-order valence-electron chi connectivity index (χ1n) is 10.1. The molecular weight excluding hydrogens is 714 g/mol. The molecule has 0 bridgehead atoms. The van der Waals surface area contributed by atoms with Crippen molar-refractivity contribution in [2.45, 2.75) is 90.3 Å². The second kappa shape index (κ2) is 11.1. The summed E-state index contributed by atoms with van der Waals surface area (Å²) in [5.74, 6) is -107. The second-order valence-corrected chi connectivity index (χ2v) is 8.47. The van der Waals surface area contributed by atoms with E-state index in [0.29, 0.717) is 7.11 Å². The maximum atomic E-state index is 13.7. The molecule has 0 heterocycles. The van der Waals surface area contributed by atoms with Gasteiger partial charge in [-0.2, -0.15) is 105 Å². The molecule has 0 spiro atoms. The standard InChI is InChI=1S/C17H10F26O/c1-44-4-2-3-6(20,21)8(24,25)10(28,29)12(32,33)14(36,37)16(40,41)17(42,43)15(38,39)13(34,35)11(30,31)9(26,27)7(22,23)5(18)19/h5H,2-4H2,1H3. The molecule has 0 aromatic carbocycles. The minimum absolute atomic E-state index is 0.600. The van der Waals surface area contributed by atoms with E-state index in [4.69, 9.17) is 0 Å². The third-order valence-electron chi connectivity index (χ3n) is 5.54. The summed E-state index contributed by atoms with van der Waals surface area (Å²) in [4.78, 5) is 0. The summed E-state index contributed by atoms with van der Waals surface area (Å²) in [5, 5.41) is 0. The highest BCUT2D eigenvalue weighted by Crippen LogP contribution is 2.68. The van der Waals surface area contributed by atoms with Gasteiger partial charge in [0.05, 0.1) is 0 Å². The van der Waals surface area contributed by atoms with Gasteiger partial charge in [-0.3, -0.25) is 0 Å². The van der Waals surface area contributed by atoms with Crippen LogP contribution in [0.15, 0.2) is 0 Å². The Morgan fingerprint density at radius 3 is 0.841 bits per heavy atom. The Labute approximate surface area is 224 Å². The first kappa shape index (κ1) is 42.1. The predicted molar refractivity (Wildman–Crippen MR) is 86.5 cm³/mol. The Bertz CT molecular complexity index is 995. The van der Waals surface area contributed by atoms with E-state index in [-0.39, 0.29) is 0 Å². The van der Waals surface area contributed by atoms with Crippen LogP contribution in [0.3, 0.4) is 0 Å². The fourth-order valence-electron chi connectivity index (χ4n) is 2.75. The van der Waals surface area contributed by atoms with E-state index in [1.165, 1.54) is 0 Å². The second-order valence-electron chi connectivity index (χ2n) is 8.47. The lowest BCUT2D eigenvalue weighted by atomic mass is 9.83. The van der Waals surface area contributed by atoms with Gasteiger partial charge in [0.1, 0.15) is 0 Å². The summed E-state index contributed by atoms with van der Waals surface area (Å²) in [6.45, 7) is -1.13. The van der Waals surface area contributed by atoms with E-state index >= 15 is 0 Å². The van der Waals surface area contributed by atoms with Crippen molar-refractivity contribution in [3.63, 3.8) is 0 Å². The van der Waals surface area contributed by atoms with E-state index in [2.05, 4.69) is 4.74 Å². The average Bonchev–Trinajstić information content (AvgIpc) is 2.82. The van der Waals surface area contributed by atoms with Crippen molar-refractivity contribution in [2.75, 3.05) is 13.7 Å². The van der Waals surface area contributed by atoms with Gasteiger partial charge in [0.15, 0.2) is 0 Å². The van der Waals surface area contributed by atoms with Crippen LogP contribution >= 0.6 is 0 Å². The third-order valence-corrected chi connectivity index (χ3v) is 5.54. The number of ether oxygens (including phenoxy) is 1. The molecule has 0 atom stereocenters.